The maximum Gasteiger partial charge on any atom is 0.255 e. The van der Waals surface area contributed by atoms with Gasteiger partial charge in [0, 0.05) is 20.1 Å². The van der Waals surface area contributed by atoms with E-state index in [0.717, 1.165) is 0 Å². The molecule has 0 atom stereocenters. The number of hydrogen-bond donors (Lipinski definition) is 1. The fourth-order valence-electron chi connectivity index (χ4n) is 1.14. The van der Waals surface area contributed by atoms with Crippen molar-refractivity contribution in [3.63, 3.8) is 0 Å². The predicted molar refractivity (Wildman–Crippen MR) is 57.5 cm³/mol. The van der Waals surface area contributed by atoms with Crippen molar-refractivity contribution in [3.05, 3.63) is 34.9 Å². The van der Waals surface area contributed by atoms with Gasteiger partial charge in [0.05, 0.1) is 10.6 Å². The van der Waals surface area contributed by atoms with Gasteiger partial charge in [-0.25, -0.2) is 0 Å². The Kier molecular flexibility index (Phi) is 3.92. The minimum absolute atomic E-state index is 0.0962. The molecule has 1 rings (SSSR count). The SMILES string of the molecule is CN(CCN)C(=O)c1ccccc1Cl. The fourth-order valence-corrected chi connectivity index (χ4v) is 1.35. The largest absolute Gasteiger partial charge is 0.340 e. The maximum atomic E-state index is 11.7. The van der Waals surface area contributed by atoms with E-state index in [1.807, 2.05) is 0 Å². The average molecular weight is 213 g/mol. The monoisotopic (exact) mass is 212 g/mol. The average Bonchev–Trinajstić information content (AvgIpc) is 2.18. The number of halogens is 1. The van der Waals surface area contributed by atoms with E-state index in [1.165, 1.54) is 0 Å². The molecule has 0 heterocycles. The molecule has 0 bridgehead atoms. The quantitative estimate of drug-likeness (QED) is 0.823. The van der Waals surface area contributed by atoms with Crippen LogP contribution in [0.15, 0.2) is 24.3 Å². The molecule has 1 amide bonds. The second-order valence-corrected chi connectivity index (χ2v) is 3.40. The lowest BCUT2D eigenvalue weighted by molar-refractivity contribution is 0.0799. The maximum absolute atomic E-state index is 11.7. The van der Waals surface area contributed by atoms with Crippen LogP contribution >= 0.6 is 11.6 Å². The number of nitrogens with zero attached hydrogens (tertiary/aromatic N) is 1. The molecule has 1 aromatic carbocycles. The zero-order chi connectivity index (χ0) is 10.6. The molecule has 0 unspecified atom stereocenters. The predicted octanol–water partition coefficient (Wildman–Crippen LogP) is 1.37. The van der Waals surface area contributed by atoms with Crippen LogP contribution in [0.4, 0.5) is 0 Å². The van der Waals surface area contributed by atoms with Crippen LogP contribution in [0.3, 0.4) is 0 Å². The van der Waals surface area contributed by atoms with Gasteiger partial charge in [0.1, 0.15) is 0 Å². The summed E-state index contributed by atoms with van der Waals surface area (Å²) >= 11 is 5.88. The number of amides is 1. The minimum Gasteiger partial charge on any atom is -0.340 e. The van der Waals surface area contributed by atoms with Crippen molar-refractivity contribution < 1.29 is 4.79 Å². The molecule has 0 aliphatic heterocycles. The molecule has 4 heteroatoms. The lowest BCUT2D eigenvalue weighted by Crippen LogP contribution is -2.31. The summed E-state index contributed by atoms with van der Waals surface area (Å²) in [5.41, 5.74) is 5.88. The van der Waals surface area contributed by atoms with E-state index in [2.05, 4.69) is 0 Å². The molecule has 1 aromatic rings. The van der Waals surface area contributed by atoms with Crippen molar-refractivity contribution in [2.75, 3.05) is 20.1 Å². The van der Waals surface area contributed by atoms with Crippen LogP contribution in [0, 0.1) is 0 Å². The summed E-state index contributed by atoms with van der Waals surface area (Å²) in [7, 11) is 1.71. The Balaban J connectivity index is 2.84. The smallest absolute Gasteiger partial charge is 0.255 e. The molecular weight excluding hydrogens is 200 g/mol. The van der Waals surface area contributed by atoms with Gasteiger partial charge < -0.3 is 10.6 Å². The van der Waals surface area contributed by atoms with Gasteiger partial charge in [0.25, 0.3) is 5.91 Å². The molecule has 0 fully saturated rings. The summed E-state index contributed by atoms with van der Waals surface area (Å²) in [6, 6.07) is 6.99. The van der Waals surface area contributed by atoms with Gasteiger partial charge in [-0.05, 0) is 12.1 Å². The Morgan fingerprint density at radius 3 is 2.71 bits per heavy atom. The number of carbonyl (C=O) groups is 1. The second kappa shape index (κ2) is 4.98. The number of rotatable bonds is 3. The van der Waals surface area contributed by atoms with Crippen LogP contribution in [-0.4, -0.2) is 30.9 Å². The van der Waals surface area contributed by atoms with Crippen LogP contribution in [0.5, 0.6) is 0 Å². The molecule has 76 valence electrons. The van der Waals surface area contributed by atoms with E-state index >= 15 is 0 Å². The van der Waals surface area contributed by atoms with E-state index in [-0.39, 0.29) is 5.91 Å². The summed E-state index contributed by atoms with van der Waals surface area (Å²) in [5, 5.41) is 0.473. The van der Waals surface area contributed by atoms with Crippen LogP contribution in [-0.2, 0) is 0 Å². The van der Waals surface area contributed by atoms with E-state index in [9.17, 15) is 4.79 Å². The molecule has 0 saturated heterocycles. The van der Waals surface area contributed by atoms with E-state index < -0.39 is 0 Å². The molecule has 14 heavy (non-hydrogen) atoms. The Morgan fingerprint density at radius 1 is 1.50 bits per heavy atom. The van der Waals surface area contributed by atoms with Crippen molar-refractivity contribution >= 4 is 17.5 Å². The third-order valence-electron chi connectivity index (χ3n) is 1.92. The van der Waals surface area contributed by atoms with E-state index in [4.69, 9.17) is 17.3 Å². The first-order valence-electron chi connectivity index (χ1n) is 4.37. The number of likely N-dealkylation sites (N-methyl/N-ethyl adjacent to an activating group) is 1. The molecule has 0 radical (unpaired) electrons. The lowest BCUT2D eigenvalue weighted by Gasteiger charge is -2.16. The summed E-state index contributed by atoms with van der Waals surface area (Å²) in [6.07, 6.45) is 0. The van der Waals surface area contributed by atoms with Crippen molar-refractivity contribution in [2.45, 2.75) is 0 Å². The van der Waals surface area contributed by atoms with Gasteiger partial charge in [-0.3, -0.25) is 4.79 Å². The Hall–Kier alpha value is -1.06. The fraction of sp³-hybridized carbons (Fsp3) is 0.300. The molecule has 0 aliphatic carbocycles. The van der Waals surface area contributed by atoms with Crippen LogP contribution in [0.2, 0.25) is 5.02 Å². The van der Waals surface area contributed by atoms with Gasteiger partial charge in [0.2, 0.25) is 0 Å². The Bertz CT molecular complexity index is 328. The number of benzene rings is 1. The highest BCUT2D eigenvalue weighted by molar-refractivity contribution is 6.33. The third-order valence-corrected chi connectivity index (χ3v) is 2.25. The van der Waals surface area contributed by atoms with E-state index in [1.54, 1.807) is 36.2 Å². The topological polar surface area (TPSA) is 46.3 Å². The Morgan fingerprint density at radius 2 is 2.14 bits per heavy atom. The zero-order valence-electron chi connectivity index (χ0n) is 8.03. The van der Waals surface area contributed by atoms with Crippen molar-refractivity contribution in [2.24, 2.45) is 5.73 Å². The van der Waals surface area contributed by atoms with Crippen molar-refractivity contribution in [1.82, 2.24) is 4.90 Å². The normalized spacial score (nSPS) is 9.93. The summed E-state index contributed by atoms with van der Waals surface area (Å²) in [6.45, 7) is 0.983. The highest BCUT2D eigenvalue weighted by atomic mass is 35.5. The standard InChI is InChI=1S/C10H13ClN2O/c1-13(7-6-12)10(14)8-4-2-3-5-9(8)11/h2-5H,6-7,12H2,1H3. The van der Waals surface area contributed by atoms with Crippen LogP contribution in [0.25, 0.3) is 0 Å². The first-order valence-corrected chi connectivity index (χ1v) is 4.74. The van der Waals surface area contributed by atoms with Gasteiger partial charge in [-0.2, -0.15) is 0 Å². The molecule has 0 spiro atoms. The summed E-state index contributed by atoms with van der Waals surface area (Å²) < 4.78 is 0. The molecular formula is C10H13ClN2O. The second-order valence-electron chi connectivity index (χ2n) is 3.00. The van der Waals surface area contributed by atoms with Gasteiger partial charge in [0.15, 0.2) is 0 Å². The number of carbonyl (C=O) groups excluding carboxylic acids is 1. The minimum atomic E-state index is -0.0962. The molecule has 2 N–H and O–H groups in total. The van der Waals surface area contributed by atoms with Gasteiger partial charge >= 0.3 is 0 Å². The van der Waals surface area contributed by atoms with Crippen molar-refractivity contribution in [1.29, 1.82) is 0 Å². The number of nitrogens with two attached hydrogens (primary N) is 1. The molecule has 0 aromatic heterocycles. The third kappa shape index (κ3) is 2.47. The van der Waals surface area contributed by atoms with Gasteiger partial charge in [-0.1, -0.05) is 23.7 Å². The molecule has 0 aliphatic rings. The van der Waals surface area contributed by atoms with Crippen molar-refractivity contribution in [3.8, 4) is 0 Å². The zero-order valence-corrected chi connectivity index (χ0v) is 8.79. The molecule has 0 saturated carbocycles. The number of hydrogen-bond acceptors (Lipinski definition) is 2. The Labute approximate surface area is 88.5 Å². The summed E-state index contributed by atoms with van der Waals surface area (Å²) in [4.78, 5) is 13.3. The molecule has 3 nitrogen and oxygen atoms in total. The van der Waals surface area contributed by atoms with Gasteiger partial charge in [-0.15, -0.1) is 0 Å². The highest BCUT2D eigenvalue weighted by Gasteiger charge is 2.13. The highest BCUT2D eigenvalue weighted by Crippen LogP contribution is 2.16. The van der Waals surface area contributed by atoms with Crippen LogP contribution < -0.4 is 5.73 Å². The first kappa shape index (κ1) is 11.0. The van der Waals surface area contributed by atoms with E-state index in [0.29, 0.717) is 23.7 Å². The first-order chi connectivity index (χ1) is 6.66. The summed E-state index contributed by atoms with van der Waals surface area (Å²) in [5.74, 6) is -0.0962. The van der Waals surface area contributed by atoms with Crippen LogP contribution in [0.1, 0.15) is 10.4 Å². The lowest BCUT2D eigenvalue weighted by atomic mass is 10.2.